The zero-order valence-electron chi connectivity index (χ0n) is 15.0. The van der Waals surface area contributed by atoms with Crippen molar-refractivity contribution in [1.82, 2.24) is 10.3 Å². The summed E-state index contributed by atoms with van der Waals surface area (Å²) in [5.74, 6) is 0.352. The minimum absolute atomic E-state index is 0.0689. The summed E-state index contributed by atoms with van der Waals surface area (Å²) in [6, 6.07) is 7.62. The largest absolute Gasteiger partial charge is 0.497 e. The zero-order chi connectivity index (χ0) is 18.3. The number of carbonyl (C=O) groups is 2. The minimum Gasteiger partial charge on any atom is -0.497 e. The summed E-state index contributed by atoms with van der Waals surface area (Å²) in [6.45, 7) is 2.30. The predicted octanol–water partition coefficient (Wildman–Crippen LogP) is 2.48. The number of fused-ring (bicyclic) bond motifs is 1. The van der Waals surface area contributed by atoms with Crippen LogP contribution in [0.15, 0.2) is 24.3 Å². The van der Waals surface area contributed by atoms with E-state index in [1.165, 1.54) is 0 Å². The van der Waals surface area contributed by atoms with Gasteiger partial charge in [-0.3, -0.25) is 14.6 Å². The first-order valence-corrected chi connectivity index (χ1v) is 8.98. The highest BCUT2D eigenvalue weighted by Crippen LogP contribution is 2.36. The molecule has 2 fully saturated rings. The van der Waals surface area contributed by atoms with Crippen molar-refractivity contribution in [3.8, 4) is 5.75 Å². The van der Waals surface area contributed by atoms with Crippen LogP contribution in [0.25, 0.3) is 10.9 Å². The molecule has 6 nitrogen and oxygen atoms in total. The molecule has 136 valence electrons. The van der Waals surface area contributed by atoms with E-state index < -0.39 is 0 Å². The number of methoxy groups -OCH3 is 1. The van der Waals surface area contributed by atoms with Crippen LogP contribution in [-0.2, 0) is 14.3 Å². The van der Waals surface area contributed by atoms with E-state index in [9.17, 15) is 9.59 Å². The molecule has 2 aliphatic rings. The summed E-state index contributed by atoms with van der Waals surface area (Å²) >= 11 is 0. The van der Waals surface area contributed by atoms with Gasteiger partial charge in [0.1, 0.15) is 11.9 Å². The monoisotopic (exact) mass is 354 g/mol. The van der Waals surface area contributed by atoms with E-state index >= 15 is 0 Å². The van der Waals surface area contributed by atoms with E-state index in [0.29, 0.717) is 13.0 Å². The highest BCUT2D eigenvalue weighted by molar-refractivity contribution is 5.91. The molecule has 6 heteroatoms. The fourth-order valence-electron chi connectivity index (χ4n) is 3.52. The van der Waals surface area contributed by atoms with Crippen molar-refractivity contribution in [2.24, 2.45) is 5.92 Å². The van der Waals surface area contributed by atoms with Gasteiger partial charge < -0.3 is 14.8 Å². The summed E-state index contributed by atoms with van der Waals surface area (Å²) in [5, 5.41) is 3.80. The maximum Gasteiger partial charge on any atom is 0.313 e. The van der Waals surface area contributed by atoms with E-state index in [1.54, 1.807) is 7.11 Å². The van der Waals surface area contributed by atoms with E-state index in [0.717, 1.165) is 40.8 Å². The maximum absolute atomic E-state index is 12.5. The Kier molecular flexibility index (Phi) is 4.26. The van der Waals surface area contributed by atoms with Crippen LogP contribution >= 0.6 is 0 Å². The van der Waals surface area contributed by atoms with Gasteiger partial charge in [0.15, 0.2) is 0 Å². The second kappa shape index (κ2) is 6.59. The number of hydrogen-bond acceptors (Lipinski definition) is 5. The van der Waals surface area contributed by atoms with Crippen molar-refractivity contribution in [2.75, 3.05) is 13.7 Å². The van der Waals surface area contributed by atoms with Crippen LogP contribution in [0.1, 0.15) is 36.4 Å². The molecule has 1 aromatic carbocycles. The zero-order valence-corrected chi connectivity index (χ0v) is 15.0. The van der Waals surface area contributed by atoms with Gasteiger partial charge in [0, 0.05) is 23.4 Å². The third-order valence-electron chi connectivity index (χ3n) is 5.07. The van der Waals surface area contributed by atoms with Gasteiger partial charge in [-0.25, -0.2) is 0 Å². The first kappa shape index (κ1) is 16.8. The lowest BCUT2D eigenvalue weighted by molar-refractivity contribution is -0.143. The molecular weight excluding hydrogens is 332 g/mol. The summed E-state index contributed by atoms with van der Waals surface area (Å²) in [7, 11) is 1.62. The Hall–Kier alpha value is -2.63. The second-order valence-corrected chi connectivity index (χ2v) is 7.10. The Labute approximate surface area is 151 Å². The van der Waals surface area contributed by atoms with E-state index in [4.69, 9.17) is 9.47 Å². The number of amides is 1. The number of ether oxygens (including phenoxy) is 2. The SMILES string of the molecule is COc1ccc2nc(C)cc(C3CC(CNC(=O)C4CC4)OC3=O)c2c1. The van der Waals surface area contributed by atoms with Crippen molar-refractivity contribution in [3.63, 3.8) is 0 Å². The molecule has 2 atom stereocenters. The number of nitrogens with one attached hydrogen (secondary N) is 1. The highest BCUT2D eigenvalue weighted by Gasteiger charge is 2.37. The smallest absolute Gasteiger partial charge is 0.313 e. The Bertz CT molecular complexity index is 875. The molecule has 1 N–H and O–H groups in total. The number of aryl methyl sites for hydroxylation is 1. The van der Waals surface area contributed by atoms with Crippen LogP contribution in [0, 0.1) is 12.8 Å². The first-order chi connectivity index (χ1) is 12.5. The molecule has 0 spiro atoms. The van der Waals surface area contributed by atoms with Gasteiger partial charge in [0.2, 0.25) is 5.91 Å². The maximum atomic E-state index is 12.5. The van der Waals surface area contributed by atoms with Crippen molar-refractivity contribution < 1.29 is 19.1 Å². The summed E-state index contributed by atoms with van der Waals surface area (Å²) in [4.78, 5) is 28.9. The molecule has 1 saturated heterocycles. The molecule has 0 bridgehead atoms. The van der Waals surface area contributed by atoms with Crippen LogP contribution in [0.5, 0.6) is 5.75 Å². The van der Waals surface area contributed by atoms with E-state index in [-0.39, 0.29) is 29.8 Å². The number of cyclic esters (lactones) is 1. The first-order valence-electron chi connectivity index (χ1n) is 8.98. The van der Waals surface area contributed by atoms with Crippen LogP contribution in [0.4, 0.5) is 0 Å². The van der Waals surface area contributed by atoms with Crippen LogP contribution < -0.4 is 10.1 Å². The van der Waals surface area contributed by atoms with Crippen molar-refractivity contribution in [2.45, 2.75) is 38.2 Å². The predicted molar refractivity (Wildman–Crippen MR) is 96.0 cm³/mol. The van der Waals surface area contributed by atoms with Gasteiger partial charge in [-0.05, 0) is 49.6 Å². The molecule has 1 aliphatic carbocycles. The molecule has 2 aromatic rings. The van der Waals surface area contributed by atoms with Crippen molar-refractivity contribution in [1.29, 1.82) is 0 Å². The van der Waals surface area contributed by atoms with Gasteiger partial charge >= 0.3 is 5.97 Å². The molecule has 1 amide bonds. The molecule has 1 aromatic heterocycles. The van der Waals surface area contributed by atoms with Gasteiger partial charge in [0.05, 0.1) is 25.1 Å². The molecule has 1 aliphatic heterocycles. The summed E-state index contributed by atoms with van der Waals surface area (Å²) in [6.07, 6.45) is 2.19. The fraction of sp³-hybridized carbons (Fsp3) is 0.450. The molecule has 1 saturated carbocycles. The van der Waals surface area contributed by atoms with Gasteiger partial charge in [-0.2, -0.15) is 0 Å². The Balaban J connectivity index is 1.58. The number of rotatable bonds is 5. The average Bonchev–Trinajstić information content (AvgIpc) is 3.42. The van der Waals surface area contributed by atoms with Gasteiger partial charge in [0.25, 0.3) is 0 Å². The molecule has 2 heterocycles. The Morgan fingerprint density at radius 1 is 1.35 bits per heavy atom. The number of nitrogens with zero attached hydrogens (tertiary/aromatic N) is 1. The number of aromatic nitrogens is 1. The molecular formula is C20H22N2O4. The van der Waals surface area contributed by atoms with Crippen LogP contribution in [0.3, 0.4) is 0 Å². The highest BCUT2D eigenvalue weighted by atomic mass is 16.6. The quantitative estimate of drug-likeness (QED) is 0.835. The summed E-state index contributed by atoms with van der Waals surface area (Å²) in [5.41, 5.74) is 2.60. The number of carbonyl (C=O) groups excluding carboxylic acids is 2. The Morgan fingerprint density at radius 2 is 2.15 bits per heavy atom. The lowest BCUT2D eigenvalue weighted by Crippen LogP contribution is -2.32. The van der Waals surface area contributed by atoms with Crippen molar-refractivity contribution in [3.05, 3.63) is 35.5 Å². The number of benzene rings is 1. The third kappa shape index (κ3) is 3.23. The molecule has 0 radical (unpaired) electrons. The molecule has 26 heavy (non-hydrogen) atoms. The lowest BCUT2D eigenvalue weighted by atomic mass is 9.92. The van der Waals surface area contributed by atoms with Gasteiger partial charge in [-0.1, -0.05) is 0 Å². The van der Waals surface area contributed by atoms with E-state index in [2.05, 4.69) is 10.3 Å². The topological polar surface area (TPSA) is 77.5 Å². The van der Waals surface area contributed by atoms with Crippen molar-refractivity contribution >= 4 is 22.8 Å². The number of hydrogen-bond donors (Lipinski definition) is 1. The average molecular weight is 354 g/mol. The molecule has 2 unspecified atom stereocenters. The number of esters is 1. The third-order valence-corrected chi connectivity index (χ3v) is 5.07. The van der Waals surface area contributed by atoms with Gasteiger partial charge in [-0.15, -0.1) is 0 Å². The minimum atomic E-state index is -0.353. The number of pyridine rings is 1. The van der Waals surface area contributed by atoms with E-state index in [1.807, 2.05) is 31.2 Å². The standard InChI is InChI=1S/C20H22N2O4/c1-11-7-15(16-8-13(25-2)5-6-18(16)22-11)17-9-14(26-20(17)24)10-21-19(23)12-3-4-12/h5-8,12,14,17H,3-4,9-10H2,1-2H3,(H,21,23). The summed E-state index contributed by atoms with van der Waals surface area (Å²) < 4.78 is 10.8. The Morgan fingerprint density at radius 3 is 2.88 bits per heavy atom. The normalized spacial score (nSPS) is 22.3. The van der Waals surface area contributed by atoms with Crippen LogP contribution in [0.2, 0.25) is 0 Å². The fourth-order valence-corrected chi connectivity index (χ4v) is 3.52. The second-order valence-electron chi connectivity index (χ2n) is 7.10. The lowest BCUT2D eigenvalue weighted by Gasteiger charge is -2.13. The molecule has 4 rings (SSSR count). The van der Waals surface area contributed by atoms with Crippen LogP contribution in [-0.4, -0.2) is 36.6 Å².